The van der Waals surface area contributed by atoms with Crippen molar-refractivity contribution in [2.75, 3.05) is 11.6 Å². The molecule has 6 heteroatoms. The van der Waals surface area contributed by atoms with Gasteiger partial charge in [-0.1, -0.05) is 20.3 Å². The van der Waals surface area contributed by atoms with E-state index in [2.05, 4.69) is 0 Å². The molecule has 0 spiro atoms. The predicted octanol–water partition coefficient (Wildman–Crippen LogP) is 0.346. The van der Waals surface area contributed by atoms with Gasteiger partial charge in [0.05, 0.1) is 11.9 Å². The molecule has 16 heavy (non-hydrogen) atoms. The van der Waals surface area contributed by atoms with E-state index in [1.807, 2.05) is 13.8 Å². The van der Waals surface area contributed by atoms with Crippen molar-refractivity contribution in [3.05, 3.63) is 0 Å². The number of hydrogen-bond donors (Lipinski definition) is 2. The third kappa shape index (κ3) is 2.68. The first-order chi connectivity index (χ1) is 7.49. The summed E-state index contributed by atoms with van der Waals surface area (Å²) < 4.78 is 0. The molecule has 3 N–H and O–H groups in total. The van der Waals surface area contributed by atoms with Gasteiger partial charge in [-0.05, 0) is 5.92 Å². The number of thioether (sulfide) groups is 1. The van der Waals surface area contributed by atoms with Gasteiger partial charge in [0.1, 0.15) is 6.04 Å². The highest BCUT2D eigenvalue weighted by atomic mass is 32.2. The van der Waals surface area contributed by atoms with Gasteiger partial charge in [-0.15, -0.1) is 11.8 Å². The highest BCUT2D eigenvalue weighted by Crippen LogP contribution is 2.23. The Morgan fingerprint density at radius 2 is 2.25 bits per heavy atom. The van der Waals surface area contributed by atoms with Crippen LogP contribution in [0.2, 0.25) is 0 Å². The number of rotatable bonds is 4. The lowest BCUT2D eigenvalue weighted by Gasteiger charge is -2.26. The van der Waals surface area contributed by atoms with Crippen LogP contribution < -0.4 is 5.73 Å². The van der Waals surface area contributed by atoms with Gasteiger partial charge >= 0.3 is 5.97 Å². The summed E-state index contributed by atoms with van der Waals surface area (Å²) in [6.45, 7) is 3.87. The van der Waals surface area contributed by atoms with E-state index in [0.29, 0.717) is 11.6 Å². The predicted molar refractivity (Wildman–Crippen MR) is 63.0 cm³/mol. The molecule has 0 aliphatic carbocycles. The second-order valence-electron chi connectivity index (χ2n) is 4.07. The quantitative estimate of drug-likeness (QED) is 0.747. The smallest absolute Gasteiger partial charge is 0.327 e. The molecule has 1 amide bonds. The van der Waals surface area contributed by atoms with Crippen LogP contribution in [0.25, 0.3) is 0 Å². The van der Waals surface area contributed by atoms with Gasteiger partial charge in [0.25, 0.3) is 0 Å². The first-order valence-corrected chi connectivity index (χ1v) is 6.51. The standard InChI is InChI=1S/C10H18N2O3S/c1-3-6(2)8(11)9(13)12-5-16-4-7(12)10(14)15/h6-8H,3-5,11H2,1-2H3,(H,14,15)/t6?,7-,8?/m0/s1. The zero-order valence-electron chi connectivity index (χ0n) is 9.55. The summed E-state index contributed by atoms with van der Waals surface area (Å²) >= 11 is 1.45. The Kier molecular flexibility index (Phi) is 4.61. The van der Waals surface area contributed by atoms with Crippen LogP contribution in [0, 0.1) is 5.92 Å². The minimum atomic E-state index is -0.949. The van der Waals surface area contributed by atoms with Crippen molar-refractivity contribution < 1.29 is 14.7 Å². The Morgan fingerprint density at radius 3 is 2.75 bits per heavy atom. The normalized spacial score (nSPS) is 24.2. The van der Waals surface area contributed by atoms with Gasteiger partial charge in [-0.2, -0.15) is 0 Å². The van der Waals surface area contributed by atoms with E-state index in [1.54, 1.807) is 0 Å². The Hall–Kier alpha value is -0.750. The fourth-order valence-corrected chi connectivity index (χ4v) is 2.71. The summed E-state index contributed by atoms with van der Waals surface area (Å²) in [6, 6.07) is -1.31. The fourth-order valence-electron chi connectivity index (χ4n) is 1.55. The number of nitrogens with zero attached hydrogens (tertiary/aromatic N) is 1. The lowest BCUT2D eigenvalue weighted by atomic mass is 9.98. The van der Waals surface area contributed by atoms with Gasteiger partial charge in [-0.3, -0.25) is 4.79 Å². The largest absolute Gasteiger partial charge is 0.480 e. The second-order valence-corrected chi connectivity index (χ2v) is 5.07. The molecule has 0 saturated carbocycles. The molecule has 0 bridgehead atoms. The summed E-state index contributed by atoms with van der Waals surface area (Å²) in [5.41, 5.74) is 5.82. The summed E-state index contributed by atoms with van der Waals surface area (Å²) in [4.78, 5) is 24.3. The maximum atomic E-state index is 12.0. The third-order valence-electron chi connectivity index (χ3n) is 2.99. The van der Waals surface area contributed by atoms with Crippen LogP contribution in [0.5, 0.6) is 0 Å². The van der Waals surface area contributed by atoms with Crippen LogP contribution in [0.15, 0.2) is 0 Å². The molecule has 1 aliphatic heterocycles. The molecule has 1 fully saturated rings. The molecule has 1 heterocycles. The molecule has 1 saturated heterocycles. The molecule has 0 aromatic heterocycles. The minimum Gasteiger partial charge on any atom is -0.480 e. The number of carboxylic acid groups (broad SMARTS) is 1. The van der Waals surface area contributed by atoms with E-state index >= 15 is 0 Å². The summed E-state index contributed by atoms with van der Waals surface area (Å²) in [6.07, 6.45) is 0.811. The molecule has 5 nitrogen and oxygen atoms in total. The molecule has 1 rings (SSSR count). The van der Waals surface area contributed by atoms with E-state index in [4.69, 9.17) is 10.8 Å². The molecule has 3 atom stereocenters. The van der Waals surface area contributed by atoms with E-state index in [1.165, 1.54) is 16.7 Å². The summed E-state index contributed by atoms with van der Waals surface area (Å²) in [5.74, 6) is -0.234. The van der Waals surface area contributed by atoms with Crippen LogP contribution in [0.4, 0.5) is 0 Å². The molecule has 0 aromatic rings. The molecule has 2 unspecified atom stereocenters. The Labute approximate surface area is 99.4 Å². The van der Waals surface area contributed by atoms with Crippen LogP contribution in [-0.4, -0.2) is 45.6 Å². The van der Waals surface area contributed by atoms with Gasteiger partial charge in [0.2, 0.25) is 5.91 Å². The van der Waals surface area contributed by atoms with Gasteiger partial charge < -0.3 is 15.7 Å². The Balaban J connectivity index is 2.69. The highest BCUT2D eigenvalue weighted by Gasteiger charge is 2.37. The maximum absolute atomic E-state index is 12.0. The number of aliphatic carboxylic acids is 1. The van der Waals surface area contributed by atoms with Crippen molar-refractivity contribution in [2.45, 2.75) is 32.4 Å². The van der Waals surface area contributed by atoms with Crippen molar-refractivity contribution in [2.24, 2.45) is 11.7 Å². The van der Waals surface area contributed by atoms with Crippen molar-refractivity contribution in [3.63, 3.8) is 0 Å². The number of nitrogens with two attached hydrogens (primary N) is 1. The molecule has 0 radical (unpaired) electrons. The number of carbonyl (C=O) groups excluding carboxylic acids is 1. The van der Waals surface area contributed by atoms with Crippen molar-refractivity contribution >= 4 is 23.6 Å². The average molecular weight is 246 g/mol. The average Bonchev–Trinajstić information content (AvgIpc) is 2.74. The maximum Gasteiger partial charge on any atom is 0.327 e. The molecule has 1 aliphatic rings. The fraction of sp³-hybridized carbons (Fsp3) is 0.800. The van der Waals surface area contributed by atoms with Crippen LogP contribution in [0.1, 0.15) is 20.3 Å². The zero-order valence-corrected chi connectivity index (χ0v) is 10.4. The summed E-state index contributed by atoms with van der Waals surface area (Å²) in [7, 11) is 0. The number of amides is 1. The topological polar surface area (TPSA) is 83.6 Å². The van der Waals surface area contributed by atoms with Crippen LogP contribution in [-0.2, 0) is 9.59 Å². The van der Waals surface area contributed by atoms with Gasteiger partial charge in [-0.25, -0.2) is 4.79 Å². The molecule has 0 aromatic carbocycles. The first kappa shape index (κ1) is 13.3. The number of hydrogen-bond acceptors (Lipinski definition) is 4. The van der Waals surface area contributed by atoms with E-state index < -0.39 is 18.1 Å². The zero-order chi connectivity index (χ0) is 12.3. The Bertz CT molecular complexity index is 285. The first-order valence-electron chi connectivity index (χ1n) is 5.35. The van der Waals surface area contributed by atoms with Crippen LogP contribution in [0.3, 0.4) is 0 Å². The molecular formula is C10H18N2O3S. The third-order valence-corrected chi connectivity index (χ3v) is 4.00. The number of carboxylic acids is 1. The second kappa shape index (κ2) is 5.54. The van der Waals surface area contributed by atoms with Crippen molar-refractivity contribution in [3.8, 4) is 0 Å². The Morgan fingerprint density at radius 1 is 1.62 bits per heavy atom. The van der Waals surface area contributed by atoms with Gasteiger partial charge in [0, 0.05) is 5.75 Å². The molecular weight excluding hydrogens is 228 g/mol. The number of carbonyl (C=O) groups is 2. The van der Waals surface area contributed by atoms with Gasteiger partial charge in [0.15, 0.2) is 0 Å². The van der Waals surface area contributed by atoms with E-state index in [9.17, 15) is 9.59 Å². The monoisotopic (exact) mass is 246 g/mol. The summed E-state index contributed by atoms with van der Waals surface area (Å²) in [5, 5.41) is 8.96. The van der Waals surface area contributed by atoms with Crippen LogP contribution >= 0.6 is 11.8 Å². The van der Waals surface area contributed by atoms with E-state index in [0.717, 1.165) is 6.42 Å². The lowest BCUT2D eigenvalue weighted by Crippen LogP contribution is -2.51. The minimum absolute atomic E-state index is 0.0764. The van der Waals surface area contributed by atoms with Crippen molar-refractivity contribution in [1.29, 1.82) is 0 Å². The van der Waals surface area contributed by atoms with E-state index in [-0.39, 0.29) is 11.8 Å². The highest BCUT2D eigenvalue weighted by molar-refractivity contribution is 7.99. The lowest BCUT2D eigenvalue weighted by molar-refractivity contribution is -0.148. The SMILES string of the molecule is CCC(C)C(N)C(=O)N1CSC[C@H]1C(=O)O. The molecule has 92 valence electrons. The van der Waals surface area contributed by atoms with Crippen molar-refractivity contribution in [1.82, 2.24) is 4.90 Å².